The van der Waals surface area contributed by atoms with Gasteiger partial charge in [-0.2, -0.15) is 5.10 Å². The van der Waals surface area contributed by atoms with E-state index in [2.05, 4.69) is 22.2 Å². The predicted octanol–water partition coefficient (Wildman–Crippen LogP) is 4.15. The number of fused-ring (bicyclic) bond motifs is 1. The lowest BCUT2D eigenvalue weighted by molar-refractivity contribution is 0.0952. The van der Waals surface area contributed by atoms with Crippen LogP contribution in [-0.2, 0) is 6.54 Å². The molecule has 0 atom stereocenters. The van der Waals surface area contributed by atoms with Crippen molar-refractivity contribution in [1.29, 1.82) is 0 Å². The van der Waals surface area contributed by atoms with Crippen molar-refractivity contribution in [3.05, 3.63) is 40.8 Å². The molecule has 0 unspecified atom stereocenters. The Hall–Kier alpha value is -2.39. The Balaban J connectivity index is 1.52. The number of nitrogens with one attached hydrogen (secondary N) is 1. The zero-order chi connectivity index (χ0) is 21.8. The quantitative estimate of drug-likeness (QED) is 0.420. The average Bonchev–Trinajstić information content (AvgIpc) is 3.17. The van der Waals surface area contributed by atoms with Gasteiger partial charge in [0.05, 0.1) is 28.7 Å². The second-order valence-electron chi connectivity index (χ2n) is 7.30. The summed E-state index contributed by atoms with van der Waals surface area (Å²) in [7, 11) is 0. The molecule has 10 heteroatoms. The molecule has 3 aromatic rings. The summed E-state index contributed by atoms with van der Waals surface area (Å²) in [5.41, 5.74) is 1.00. The van der Waals surface area contributed by atoms with Gasteiger partial charge in [0.2, 0.25) is 0 Å². The van der Waals surface area contributed by atoms with E-state index in [9.17, 15) is 9.18 Å². The summed E-state index contributed by atoms with van der Waals surface area (Å²) >= 11 is 7.58. The van der Waals surface area contributed by atoms with E-state index in [-0.39, 0.29) is 16.5 Å². The normalized spacial score (nSPS) is 14.2. The zero-order valence-electron chi connectivity index (χ0n) is 17.3. The molecule has 0 saturated carbocycles. The molecule has 0 bridgehead atoms. The summed E-state index contributed by atoms with van der Waals surface area (Å²) in [6.07, 6.45) is 5.37. The van der Waals surface area contributed by atoms with Gasteiger partial charge in [0.1, 0.15) is 11.6 Å². The van der Waals surface area contributed by atoms with E-state index in [0.29, 0.717) is 13.1 Å². The van der Waals surface area contributed by atoms with Crippen LogP contribution < -0.4 is 10.2 Å². The van der Waals surface area contributed by atoms with Crippen LogP contribution in [0.4, 0.5) is 10.2 Å². The monoisotopic (exact) mass is 462 g/mol. The van der Waals surface area contributed by atoms with Crippen molar-refractivity contribution in [3.63, 3.8) is 0 Å². The molecular weight excluding hydrogens is 439 g/mol. The molecule has 31 heavy (non-hydrogen) atoms. The summed E-state index contributed by atoms with van der Waals surface area (Å²) in [6.45, 7) is 4.83. The highest BCUT2D eigenvalue weighted by atomic mass is 35.5. The van der Waals surface area contributed by atoms with Crippen LogP contribution in [0.15, 0.2) is 29.6 Å². The van der Waals surface area contributed by atoms with Crippen LogP contribution in [0.1, 0.15) is 36.5 Å². The van der Waals surface area contributed by atoms with Crippen LogP contribution in [0, 0.1) is 5.82 Å². The number of anilines is 1. The van der Waals surface area contributed by atoms with Gasteiger partial charge in [0.25, 0.3) is 5.91 Å². The van der Waals surface area contributed by atoms with Gasteiger partial charge in [-0.15, -0.1) is 0 Å². The maximum Gasteiger partial charge on any atom is 0.252 e. The van der Waals surface area contributed by atoms with Gasteiger partial charge in [-0.05, 0) is 43.2 Å². The highest BCUT2D eigenvalue weighted by molar-refractivity contribution is 7.99. The lowest BCUT2D eigenvalue weighted by Gasteiger charge is -2.28. The van der Waals surface area contributed by atoms with Crippen molar-refractivity contribution in [2.75, 3.05) is 30.3 Å². The molecule has 2 aromatic heterocycles. The number of carbonyl (C=O) groups is 1. The lowest BCUT2D eigenvalue weighted by atomic mass is 10.1. The molecule has 1 N–H and O–H groups in total. The molecule has 0 radical (unpaired) electrons. The third-order valence-electron chi connectivity index (χ3n) is 5.17. The molecule has 3 heterocycles. The highest BCUT2D eigenvalue weighted by Gasteiger charge is 2.20. The van der Waals surface area contributed by atoms with Crippen LogP contribution in [-0.4, -0.2) is 51.0 Å². The van der Waals surface area contributed by atoms with E-state index in [1.807, 2.05) is 0 Å². The number of nitrogens with zero attached hydrogens (tertiary/aromatic N) is 5. The van der Waals surface area contributed by atoms with Gasteiger partial charge in [0, 0.05) is 19.6 Å². The fourth-order valence-electron chi connectivity index (χ4n) is 3.67. The second kappa shape index (κ2) is 9.82. The fourth-order valence-corrected chi connectivity index (χ4v) is 4.48. The number of amides is 1. The largest absolute Gasteiger partial charge is 0.356 e. The Morgan fingerprint density at radius 3 is 2.81 bits per heavy atom. The van der Waals surface area contributed by atoms with Gasteiger partial charge < -0.3 is 10.2 Å². The number of thioether (sulfide) groups is 1. The molecule has 0 spiro atoms. The number of aromatic nitrogens is 4. The van der Waals surface area contributed by atoms with Crippen molar-refractivity contribution in [2.45, 2.75) is 37.9 Å². The lowest BCUT2D eigenvalue weighted by Crippen LogP contribution is -2.30. The molecule has 1 saturated heterocycles. The zero-order valence-corrected chi connectivity index (χ0v) is 18.8. The maximum absolute atomic E-state index is 13.2. The Morgan fingerprint density at radius 2 is 2.06 bits per heavy atom. The molecule has 7 nitrogen and oxygen atoms in total. The summed E-state index contributed by atoms with van der Waals surface area (Å²) < 4.78 is 15.0. The standard InChI is InChI=1S/C21H24ClFN6OS/c1-2-31-21-26-18(28-9-4-3-5-10-28)16-13-25-29(19(16)27-21)11-8-24-20(30)15-7-6-14(23)12-17(15)22/h6-7,12-13H,2-5,8-11H2,1H3,(H,24,30). The molecule has 0 aliphatic carbocycles. The van der Waals surface area contributed by atoms with Crippen molar-refractivity contribution in [1.82, 2.24) is 25.1 Å². The van der Waals surface area contributed by atoms with Crippen molar-refractivity contribution in [2.24, 2.45) is 0 Å². The first-order valence-electron chi connectivity index (χ1n) is 10.4. The minimum Gasteiger partial charge on any atom is -0.356 e. The summed E-state index contributed by atoms with van der Waals surface area (Å²) in [5, 5.41) is 9.06. The smallest absolute Gasteiger partial charge is 0.252 e. The summed E-state index contributed by atoms with van der Waals surface area (Å²) in [6, 6.07) is 3.72. The predicted molar refractivity (Wildman–Crippen MR) is 122 cm³/mol. The molecule has 1 aromatic carbocycles. The van der Waals surface area contributed by atoms with Crippen molar-refractivity contribution >= 4 is 46.1 Å². The van der Waals surface area contributed by atoms with Gasteiger partial charge in [-0.3, -0.25) is 4.79 Å². The molecule has 4 rings (SSSR count). The molecule has 1 fully saturated rings. The van der Waals surface area contributed by atoms with Gasteiger partial charge >= 0.3 is 0 Å². The molecular formula is C21H24ClFN6OS. The van der Waals surface area contributed by atoms with E-state index in [1.54, 1.807) is 22.6 Å². The van der Waals surface area contributed by atoms with E-state index in [0.717, 1.165) is 59.8 Å². The summed E-state index contributed by atoms with van der Waals surface area (Å²) in [4.78, 5) is 24.2. The number of hydrogen-bond acceptors (Lipinski definition) is 6. The first-order chi connectivity index (χ1) is 15.1. The SMILES string of the molecule is CCSc1nc(N2CCCCC2)c2cnn(CCNC(=O)c3ccc(F)cc3Cl)c2n1. The Bertz CT molecular complexity index is 1090. The van der Waals surface area contributed by atoms with Crippen LogP contribution in [0.5, 0.6) is 0 Å². The number of carbonyl (C=O) groups excluding carboxylic acids is 1. The fraction of sp³-hybridized carbons (Fsp3) is 0.429. The van der Waals surface area contributed by atoms with Crippen LogP contribution in [0.3, 0.4) is 0 Å². The number of rotatable bonds is 7. The van der Waals surface area contributed by atoms with Crippen molar-refractivity contribution < 1.29 is 9.18 Å². The molecule has 164 valence electrons. The number of hydrogen-bond donors (Lipinski definition) is 1. The number of benzene rings is 1. The average molecular weight is 463 g/mol. The number of piperidine rings is 1. The van der Waals surface area contributed by atoms with Crippen LogP contribution in [0.2, 0.25) is 5.02 Å². The first kappa shape index (κ1) is 21.8. The minimum atomic E-state index is -0.477. The van der Waals surface area contributed by atoms with Crippen LogP contribution in [0.25, 0.3) is 11.0 Å². The Morgan fingerprint density at radius 1 is 1.26 bits per heavy atom. The molecule has 1 amide bonds. The Labute approximate surface area is 189 Å². The number of halogens is 2. The maximum atomic E-state index is 13.2. The first-order valence-corrected chi connectivity index (χ1v) is 11.8. The van der Waals surface area contributed by atoms with E-state index in [1.165, 1.54) is 18.6 Å². The highest BCUT2D eigenvalue weighted by Crippen LogP contribution is 2.29. The van der Waals surface area contributed by atoms with E-state index >= 15 is 0 Å². The van der Waals surface area contributed by atoms with Gasteiger partial charge in [-0.25, -0.2) is 19.0 Å². The van der Waals surface area contributed by atoms with E-state index < -0.39 is 5.82 Å². The van der Waals surface area contributed by atoms with Crippen molar-refractivity contribution in [3.8, 4) is 0 Å². The minimum absolute atomic E-state index is 0.0854. The molecule has 1 aliphatic heterocycles. The topological polar surface area (TPSA) is 75.9 Å². The van der Waals surface area contributed by atoms with Gasteiger partial charge in [0.15, 0.2) is 10.8 Å². The second-order valence-corrected chi connectivity index (χ2v) is 8.93. The van der Waals surface area contributed by atoms with E-state index in [4.69, 9.17) is 21.6 Å². The molecule has 1 aliphatic rings. The Kier molecular flexibility index (Phi) is 6.92. The van der Waals surface area contributed by atoms with Crippen LogP contribution >= 0.6 is 23.4 Å². The third kappa shape index (κ3) is 4.93. The third-order valence-corrected chi connectivity index (χ3v) is 6.21. The summed E-state index contributed by atoms with van der Waals surface area (Å²) in [5.74, 6) is 0.990. The van der Waals surface area contributed by atoms with Gasteiger partial charge in [-0.1, -0.05) is 30.3 Å².